The molecule has 6 nitrogen and oxygen atoms in total. The van der Waals surface area contributed by atoms with Gasteiger partial charge in [-0.25, -0.2) is 10.4 Å². The average Bonchev–Trinajstić information content (AvgIpc) is 3.12. The smallest absolute Gasteiger partial charge is 0.262 e. The number of aromatic nitrogens is 1. The Morgan fingerprint density at radius 2 is 2.17 bits per heavy atom. The number of thiazole rings is 1. The summed E-state index contributed by atoms with van der Waals surface area (Å²) in [5, 5.41) is 7.67. The molecule has 0 saturated carbocycles. The Labute approximate surface area is 137 Å². The maximum Gasteiger partial charge on any atom is 0.262 e. The molecule has 3 aromatic rings. The number of carbonyl (C=O) groups is 1. The fourth-order valence-electron chi connectivity index (χ4n) is 1.96. The number of hydrogen-bond donors (Lipinski definition) is 2. The number of hydrogen-bond acceptors (Lipinski definition) is 6. The zero-order chi connectivity index (χ0) is 16.2. The topological polar surface area (TPSA) is 79.5 Å². The van der Waals surface area contributed by atoms with Crippen LogP contribution in [0.3, 0.4) is 0 Å². The van der Waals surface area contributed by atoms with Crippen LogP contribution in [-0.4, -0.2) is 23.1 Å². The van der Waals surface area contributed by atoms with Crippen LogP contribution in [0, 0.1) is 6.92 Å². The van der Waals surface area contributed by atoms with Gasteiger partial charge in [0.05, 0.1) is 16.4 Å². The standard InChI is InChI=1S/C16H16N4O2S/c1-10-7-8-12(22-10)9-17-20-15(21)11(2)18-16-19-13-5-3-4-6-14(13)23-16/h3-9,11H,1-2H3,(H,18,19)(H,20,21)/b17-9-/t11-/m1/s1. The molecule has 0 aliphatic rings. The first kappa shape index (κ1) is 15.2. The summed E-state index contributed by atoms with van der Waals surface area (Å²) in [5.74, 6) is 1.14. The molecule has 1 amide bonds. The number of furan rings is 1. The lowest BCUT2D eigenvalue weighted by Gasteiger charge is -2.10. The fraction of sp³-hybridized carbons (Fsp3) is 0.188. The number of nitrogens with zero attached hydrogens (tertiary/aromatic N) is 2. The molecule has 23 heavy (non-hydrogen) atoms. The molecule has 3 rings (SSSR count). The molecule has 2 aromatic heterocycles. The maximum absolute atomic E-state index is 12.0. The zero-order valence-corrected chi connectivity index (χ0v) is 13.6. The predicted octanol–water partition coefficient (Wildman–Crippen LogP) is 3.15. The SMILES string of the molecule is Cc1ccc(/C=N\NC(=O)[C@@H](C)Nc2nc3ccccc3s2)o1. The summed E-state index contributed by atoms with van der Waals surface area (Å²) in [6.45, 7) is 3.61. The van der Waals surface area contributed by atoms with Gasteiger partial charge in [0.1, 0.15) is 17.6 Å². The Morgan fingerprint density at radius 3 is 2.91 bits per heavy atom. The molecule has 0 unspecified atom stereocenters. The van der Waals surface area contributed by atoms with E-state index in [1.165, 1.54) is 17.6 Å². The van der Waals surface area contributed by atoms with E-state index in [4.69, 9.17) is 4.42 Å². The molecule has 0 radical (unpaired) electrons. The number of aryl methyl sites for hydroxylation is 1. The summed E-state index contributed by atoms with van der Waals surface area (Å²) in [6, 6.07) is 11.0. The molecule has 2 heterocycles. The molecule has 1 aromatic carbocycles. The number of hydrazone groups is 1. The van der Waals surface area contributed by atoms with Crippen molar-refractivity contribution in [2.24, 2.45) is 5.10 Å². The van der Waals surface area contributed by atoms with Gasteiger partial charge in [-0.1, -0.05) is 23.5 Å². The van der Waals surface area contributed by atoms with Crippen LogP contribution in [-0.2, 0) is 4.79 Å². The van der Waals surface area contributed by atoms with Crippen molar-refractivity contribution in [3.05, 3.63) is 47.9 Å². The third-order valence-electron chi connectivity index (χ3n) is 3.15. The summed E-state index contributed by atoms with van der Waals surface area (Å²) in [5.41, 5.74) is 3.39. The fourth-order valence-corrected chi connectivity index (χ4v) is 2.92. The van der Waals surface area contributed by atoms with Crippen molar-refractivity contribution in [1.82, 2.24) is 10.4 Å². The Kier molecular flexibility index (Phi) is 4.38. The molecule has 0 aliphatic heterocycles. The van der Waals surface area contributed by atoms with Gasteiger partial charge in [0.15, 0.2) is 5.13 Å². The van der Waals surface area contributed by atoms with Crippen molar-refractivity contribution in [1.29, 1.82) is 0 Å². The van der Waals surface area contributed by atoms with E-state index in [1.54, 1.807) is 13.0 Å². The van der Waals surface area contributed by atoms with E-state index >= 15 is 0 Å². The molecule has 0 aliphatic carbocycles. The Bertz CT molecular complexity index is 820. The summed E-state index contributed by atoms with van der Waals surface area (Å²) >= 11 is 1.51. The highest BCUT2D eigenvalue weighted by Gasteiger charge is 2.14. The highest BCUT2D eigenvalue weighted by Crippen LogP contribution is 2.25. The molecule has 1 atom stereocenters. The van der Waals surface area contributed by atoms with Gasteiger partial charge >= 0.3 is 0 Å². The van der Waals surface area contributed by atoms with E-state index < -0.39 is 6.04 Å². The number of benzene rings is 1. The highest BCUT2D eigenvalue weighted by atomic mass is 32.1. The van der Waals surface area contributed by atoms with Crippen LogP contribution in [0.4, 0.5) is 5.13 Å². The molecule has 0 fully saturated rings. The molecule has 7 heteroatoms. The first-order valence-electron chi connectivity index (χ1n) is 7.13. The lowest BCUT2D eigenvalue weighted by Crippen LogP contribution is -2.34. The van der Waals surface area contributed by atoms with Crippen LogP contribution in [0.2, 0.25) is 0 Å². The number of carbonyl (C=O) groups excluding carboxylic acids is 1. The Hall–Kier alpha value is -2.67. The second-order valence-corrected chi connectivity index (χ2v) is 6.07. The van der Waals surface area contributed by atoms with E-state index in [0.717, 1.165) is 16.0 Å². The number of rotatable bonds is 5. The van der Waals surface area contributed by atoms with Crippen molar-refractivity contribution in [2.45, 2.75) is 19.9 Å². The molecule has 0 saturated heterocycles. The van der Waals surface area contributed by atoms with Crippen LogP contribution in [0.15, 0.2) is 45.9 Å². The lowest BCUT2D eigenvalue weighted by molar-refractivity contribution is -0.121. The third-order valence-corrected chi connectivity index (χ3v) is 4.12. The van der Waals surface area contributed by atoms with Gasteiger partial charge in [0.2, 0.25) is 0 Å². The summed E-state index contributed by atoms with van der Waals surface area (Å²) in [7, 11) is 0. The van der Waals surface area contributed by atoms with E-state index in [1.807, 2.05) is 37.3 Å². The molecule has 118 valence electrons. The molecule has 0 spiro atoms. The van der Waals surface area contributed by atoms with Gasteiger partial charge < -0.3 is 9.73 Å². The van der Waals surface area contributed by atoms with Crippen LogP contribution >= 0.6 is 11.3 Å². The quantitative estimate of drug-likeness (QED) is 0.557. The lowest BCUT2D eigenvalue weighted by atomic mass is 10.3. The van der Waals surface area contributed by atoms with E-state index in [0.29, 0.717) is 10.9 Å². The summed E-state index contributed by atoms with van der Waals surface area (Å²) in [4.78, 5) is 16.5. The average molecular weight is 328 g/mol. The zero-order valence-electron chi connectivity index (χ0n) is 12.7. The van der Waals surface area contributed by atoms with E-state index in [-0.39, 0.29) is 5.91 Å². The van der Waals surface area contributed by atoms with Crippen molar-refractivity contribution < 1.29 is 9.21 Å². The van der Waals surface area contributed by atoms with Gasteiger partial charge in [-0.05, 0) is 38.1 Å². The van der Waals surface area contributed by atoms with Crippen molar-refractivity contribution in [3.8, 4) is 0 Å². The number of amides is 1. The summed E-state index contributed by atoms with van der Waals surface area (Å²) in [6.07, 6.45) is 1.47. The van der Waals surface area contributed by atoms with Gasteiger partial charge in [-0.3, -0.25) is 4.79 Å². The number of anilines is 1. The number of fused-ring (bicyclic) bond motifs is 1. The largest absolute Gasteiger partial charge is 0.460 e. The van der Waals surface area contributed by atoms with Crippen LogP contribution in [0.25, 0.3) is 10.2 Å². The second-order valence-electron chi connectivity index (χ2n) is 5.04. The molecule has 0 bridgehead atoms. The Balaban J connectivity index is 1.57. The van der Waals surface area contributed by atoms with E-state index in [2.05, 4.69) is 20.8 Å². The first-order chi connectivity index (χ1) is 11.1. The molecule has 2 N–H and O–H groups in total. The van der Waals surface area contributed by atoms with Crippen molar-refractivity contribution >= 4 is 38.8 Å². The number of para-hydroxylation sites is 1. The van der Waals surface area contributed by atoms with Crippen LogP contribution in [0.5, 0.6) is 0 Å². The van der Waals surface area contributed by atoms with Crippen molar-refractivity contribution in [3.63, 3.8) is 0 Å². The maximum atomic E-state index is 12.0. The van der Waals surface area contributed by atoms with Crippen LogP contribution in [0.1, 0.15) is 18.4 Å². The van der Waals surface area contributed by atoms with E-state index in [9.17, 15) is 4.79 Å². The monoisotopic (exact) mass is 328 g/mol. The van der Waals surface area contributed by atoms with Crippen molar-refractivity contribution in [2.75, 3.05) is 5.32 Å². The highest BCUT2D eigenvalue weighted by molar-refractivity contribution is 7.22. The first-order valence-corrected chi connectivity index (χ1v) is 7.95. The second kappa shape index (κ2) is 6.62. The molecular weight excluding hydrogens is 312 g/mol. The summed E-state index contributed by atoms with van der Waals surface area (Å²) < 4.78 is 6.41. The van der Waals surface area contributed by atoms with Crippen LogP contribution < -0.4 is 10.7 Å². The minimum Gasteiger partial charge on any atom is -0.460 e. The van der Waals surface area contributed by atoms with Gasteiger partial charge in [-0.15, -0.1) is 0 Å². The minimum absolute atomic E-state index is 0.246. The number of nitrogens with one attached hydrogen (secondary N) is 2. The van der Waals surface area contributed by atoms with Gasteiger partial charge in [0, 0.05) is 0 Å². The minimum atomic E-state index is -0.453. The van der Waals surface area contributed by atoms with Gasteiger partial charge in [0.25, 0.3) is 5.91 Å². The van der Waals surface area contributed by atoms with Gasteiger partial charge in [-0.2, -0.15) is 5.10 Å². The molecular formula is C16H16N4O2S. The predicted molar refractivity (Wildman–Crippen MR) is 91.9 cm³/mol. The normalized spacial score (nSPS) is 12.6. The Morgan fingerprint density at radius 1 is 1.35 bits per heavy atom. The third kappa shape index (κ3) is 3.75.